The second kappa shape index (κ2) is 7.23. The zero-order valence-electron chi connectivity index (χ0n) is 12.8. The molecule has 0 radical (unpaired) electrons. The smallest absolute Gasteiger partial charge is 0.266 e. The van der Waals surface area contributed by atoms with E-state index in [2.05, 4.69) is 12.1 Å². The standard InChI is InChI=1S/C14H13NO.C4H2O4/c1-15-10-8-13(9-11-15)3-2-12-4-6-14(16)7-5-12;5-1-2(6)4(8)3(1)7/h2-11H,1H3;5-6H. The minimum absolute atomic E-state index is 0.295. The van der Waals surface area contributed by atoms with Crippen molar-refractivity contribution >= 4 is 12.2 Å². The zero-order chi connectivity index (χ0) is 17.7. The first kappa shape index (κ1) is 17.0. The van der Waals surface area contributed by atoms with Crippen LogP contribution in [0.15, 0.2) is 58.4 Å². The number of benzene rings is 1. The number of nitrogens with zero attached hydrogens (tertiary/aromatic N) is 1. The lowest BCUT2D eigenvalue weighted by atomic mass is 10.1. The molecule has 0 amide bonds. The van der Waals surface area contributed by atoms with Crippen LogP contribution in [-0.2, 0) is 7.05 Å². The lowest BCUT2D eigenvalue weighted by Crippen LogP contribution is -2.33. The molecule has 0 unspecified atom stereocenters. The van der Waals surface area contributed by atoms with E-state index >= 15 is 0 Å². The molecule has 6 nitrogen and oxygen atoms in total. The summed E-state index contributed by atoms with van der Waals surface area (Å²) < 4.78 is 2.00. The fourth-order valence-corrected chi connectivity index (χ4v) is 1.76. The van der Waals surface area contributed by atoms with Crippen molar-refractivity contribution in [3.05, 3.63) is 80.4 Å². The Hall–Kier alpha value is -3.41. The van der Waals surface area contributed by atoms with Crippen molar-refractivity contribution < 1.29 is 19.9 Å². The van der Waals surface area contributed by atoms with E-state index in [1.54, 1.807) is 12.1 Å². The van der Waals surface area contributed by atoms with Gasteiger partial charge in [0.05, 0.1) is 0 Å². The molecular formula is C18H15NO5. The van der Waals surface area contributed by atoms with Gasteiger partial charge < -0.3 is 15.3 Å². The molecule has 6 heteroatoms. The molecule has 2 aromatic carbocycles. The second-order valence-electron chi connectivity index (χ2n) is 5.06. The Labute approximate surface area is 137 Å². The third-order valence-corrected chi connectivity index (χ3v) is 3.21. The Kier molecular flexibility index (Phi) is 5.11. The maximum atomic E-state index is 9.91. The predicted molar refractivity (Wildman–Crippen MR) is 87.1 cm³/mol. The summed E-state index contributed by atoms with van der Waals surface area (Å²) in [5, 5.41) is 27.2. The second-order valence-corrected chi connectivity index (χ2v) is 5.06. The minimum Gasteiger partial charge on any atom is -0.867 e. The van der Waals surface area contributed by atoms with E-state index in [0.29, 0.717) is 5.75 Å². The Morgan fingerprint density at radius 1 is 0.875 bits per heavy atom. The summed E-state index contributed by atoms with van der Waals surface area (Å²) in [5.41, 5.74) is 0.0368. The largest absolute Gasteiger partial charge is 0.867 e. The number of aromatic hydroxyl groups is 2. The van der Waals surface area contributed by atoms with Gasteiger partial charge in [0, 0.05) is 12.1 Å². The molecule has 0 aliphatic carbocycles. The summed E-state index contributed by atoms with van der Waals surface area (Å²) >= 11 is 0. The molecule has 1 heterocycles. The number of phenols is 1. The van der Waals surface area contributed by atoms with E-state index in [4.69, 9.17) is 10.2 Å². The van der Waals surface area contributed by atoms with Gasteiger partial charge in [-0.15, -0.1) is 0 Å². The van der Waals surface area contributed by atoms with Crippen LogP contribution in [0.25, 0.3) is 12.2 Å². The highest BCUT2D eigenvalue weighted by Gasteiger charge is 2.09. The van der Waals surface area contributed by atoms with Gasteiger partial charge in [-0.1, -0.05) is 24.3 Å². The van der Waals surface area contributed by atoms with Crippen LogP contribution in [0.3, 0.4) is 0 Å². The van der Waals surface area contributed by atoms with Crippen molar-refractivity contribution in [2.45, 2.75) is 0 Å². The molecule has 122 valence electrons. The fraction of sp³-hybridized carbons (Fsp3) is 0.0556. The molecule has 2 N–H and O–H groups in total. The highest BCUT2D eigenvalue weighted by molar-refractivity contribution is 5.69. The average Bonchev–Trinajstić information content (AvgIpc) is 2.61. The van der Waals surface area contributed by atoms with E-state index in [1.165, 1.54) is 0 Å². The topological polar surface area (TPSA) is 102 Å². The number of rotatable bonds is 2. The molecule has 3 aromatic rings. The molecule has 0 bridgehead atoms. The van der Waals surface area contributed by atoms with Crippen molar-refractivity contribution in [1.29, 1.82) is 0 Å². The minimum atomic E-state index is -1.12. The predicted octanol–water partition coefficient (Wildman–Crippen LogP) is 0.449. The molecule has 1 aromatic heterocycles. The monoisotopic (exact) mass is 325 g/mol. The van der Waals surface area contributed by atoms with Crippen LogP contribution in [0.2, 0.25) is 0 Å². The van der Waals surface area contributed by atoms with Crippen molar-refractivity contribution in [2.75, 3.05) is 0 Å². The van der Waals surface area contributed by atoms with Crippen LogP contribution in [0, 0.1) is 0 Å². The summed E-state index contributed by atoms with van der Waals surface area (Å²) in [6, 6.07) is 11.2. The lowest BCUT2D eigenvalue weighted by Gasteiger charge is -2.05. The summed E-state index contributed by atoms with van der Waals surface area (Å²) in [6.45, 7) is 0. The summed E-state index contributed by atoms with van der Waals surface area (Å²) in [4.78, 5) is 19.8. The van der Waals surface area contributed by atoms with Gasteiger partial charge in [-0.25, -0.2) is 4.57 Å². The number of pyridine rings is 1. The molecule has 0 fully saturated rings. The van der Waals surface area contributed by atoms with Gasteiger partial charge in [0.1, 0.15) is 12.8 Å². The zero-order valence-corrected chi connectivity index (χ0v) is 12.8. The third kappa shape index (κ3) is 4.07. The average molecular weight is 325 g/mol. The van der Waals surface area contributed by atoms with E-state index in [-0.39, 0.29) is 0 Å². The molecule has 0 saturated heterocycles. The van der Waals surface area contributed by atoms with Gasteiger partial charge >= 0.3 is 0 Å². The van der Waals surface area contributed by atoms with E-state index < -0.39 is 22.4 Å². The molecule has 3 rings (SSSR count). The van der Waals surface area contributed by atoms with Gasteiger partial charge in [0.15, 0.2) is 18.1 Å². The Balaban J connectivity index is 0.000000219. The number of aromatic nitrogens is 1. The SMILES string of the molecule is C[n+]1ccc(/C=C/c2ccc(O)cc2)cc1.O=c1c([O-])c(O)c1=O. The van der Waals surface area contributed by atoms with Gasteiger partial charge in [0.2, 0.25) is 5.43 Å². The van der Waals surface area contributed by atoms with Gasteiger partial charge in [-0.05, 0) is 29.0 Å². The number of hydrogen-bond acceptors (Lipinski definition) is 5. The summed E-state index contributed by atoms with van der Waals surface area (Å²) in [5.74, 6) is -1.71. The quantitative estimate of drug-likeness (QED) is 0.526. The van der Waals surface area contributed by atoms with Crippen LogP contribution in [0.1, 0.15) is 11.1 Å². The fourth-order valence-electron chi connectivity index (χ4n) is 1.76. The molecule has 0 saturated carbocycles. The van der Waals surface area contributed by atoms with Gasteiger partial charge in [-0.3, -0.25) is 9.59 Å². The number of aryl methyl sites for hydroxylation is 1. The summed E-state index contributed by atoms with van der Waals surface area (Å²) in [6.07, 6.45) is 8.09. The van der Waals surface area contributed by atoms with Gasteiger partial charge in [0.25, 0.3) is 5.43 Å². The van der Waals surface area contributed by atoms with Crippen LogP contribution in [0.5, 0.6) is 17.2 Å². The normalized spacial score (nSPS) is 10.5. The third-order valence-electron chi connectivity index (χ3n) is 3.21. The maximum Gasteiger partial charge on any atom is 0.266 e. The van der Waals surface area contributed by atoms with Crippen LogP contribution in [0.4, 0.5) is 0 Å². The van der Waals surface area contributed by atoms with E-state index in [1.807, 2.05) is 48.3 Å². The van der Waals surface area contributed by atoms with Crippen molar-refractivity contribution in [3.8, 4) is 17.2 Å². The number of hydrogen-bond donors (Lipinski definition) is 2. The van der Waals surface area contributed by atoms with E-state index in [9.17, 15) is 14.7 Å². The van der Waals surface area contributed by atoms with E-state index in [0.717, 1.165) is 11.1 Å². The molecule has 0 aliphatic rings. The summed E-state index contributed by atoms with van der Waals surface area (Å²) in [7, 11) is 1.99. The van der Waals surface area contributed by atoms with Crippen molar-refractivity contribution in [3.63, 3.8) is 0 Å². The molecular weight excluding hydrogens is 310 g/mol. The lowest BCUT2D eigenvalue weighted by molar-refractivity contribution is -0.671. The van der Waals surface area contributed by atoms with Crippen LogP contribution >= 0.6 is 0 Å². The molecule has 0 atom stereocenters. The Morgan fingerprint density at radius 2 is 1.38 bits per heavy atom. The number of phenolic OH excluding ortho intramolecular Hbond substituents is 1. The first-order valence-corrected chi connectivity index (χ1v) is 7.00. The first-order chi connectivity index (χ1) is 11.4. The molecule has 0 spiro atoms. The highest BCUT2D eigenvalue weighted by atomic mass is 16.3. The molecule has 24 heavy (non-hydrogen) atoms. The Bertz CT molecular complexity index is 840. The maximum absolute atomic E-state index is 9.91. The van der Waals surface area contributed by atoms with Crippen LogP contribution < -0.4 is 20.5 Å². The van der Waals surface area contributed by atoms with Crippen LogP contribution in [-0.4, -0.2) is 10.2 Å². The first-order valence-electron chi connectivity index (χ1n) is 7.00. The highest BCUT2D eigenvalue weighted by Crippen LogP contribution is 2.12. The van der Waals surface area contributed by atoms with Gasteiger partial charge in [-0.2, -0.15) is 0 Å². The van der Waals surface area contributed by atoms with Crippen molar-refractivity contribution in [1.82, 2.24) is 0 Å². The Morgan fingerprint density at radius 3 is 1.79 bits per heavy atom. The van der Waals surface area contributed by atoms with Crippen molar-refractivity contribution in [2.24, 2.45) is 7.05 Å². The molecule has 0 aliphatic heterocycles.